The number of benzene rings is 2. The predicted octanol–water partition coefficient (Wildman–Crippen LogP) is 8.29. The van der Waals surface area contributed by atoms with Crippen molar-refractivity contribution in [3.8, 4) is 11.3 Å². The van der Waals surface area contributed by atoms with Gasteiger partial charge in [-0.3, -0.25) is 0 Å². The van der Waals surface area contributed by atoms with Gasteiger partial charge in [0.05, 0.1) is 12.2 Å². The van der Waals surface area contributed by atoms with Crippen molar-refractivity contribution in [3.05, 3.63) is 66.4 Å². The van der Waals surface area contributed by atoms with Crippen molar-refractivity contribution < 1.29 is 30.3 Å². The van der Waals surface area contributed by atoms with Gasteiger partial charge in [-0.2, -0.15) is 0 Å². The summed E-state index contributed by atoms with van der Waals surface area (Å²) < 4.78 is 0. The van der Waals surface area contributed by atoms with E-state index in [1.807, 2.05) is 24.4 Å². The molecule has 4 heteroatoms. The van der Waals surface area contributed by atoms with Crippen LogP contribution in [-0.4, -0.2) is 27.4 Å². The minimum Gasteiger partial charge on any atom is -0.392 e. The fourth-order valence-electron chi connectivity index (χ4n) is 6.98. The van der Waals surface area contributed by atoms with E-state index in [2.05, 4.69) is 82.9 Å². The quantitative estimate of drug-likeness (QED) is 0.269. The van der Waals surface area contributed by atoms with Gasteiger partial charge in [-0.1, -0.05) is 66.2 Å². The Morgan fingerprint density at radius 3 is 2.13 bits per heavy atom. The van der Waals surface area contributed by atoms with Crippen LogP contribution in [0.3, 0.4) is 0 Å². The van der Waals surface area contributed by atoms with Gasteiger partial charge < -0.3 is 15.2 Å². The summed E-state index contributed by atoms with van der Waals surface area (Å²) in [5.41, 5.74) is 3.41. The third-order valence-corrected chi connectivity index (χ3v) is 9.33. The molecule has 0 spiro atoms. The van der Waals surface area contributed by atoms with E-state index in [0.717, 1.165) is 24.1 Å². The van der Waals surface area contributed by atoms with Gasteiger partial charge in [-0.05, 0) is 89.3 Å². The molecular formula is C35H48IrNO2-. The Morgan fingerprint density at radius 1 is 0.821 bits per heavy atom. The number of aliphatic hydroxyl groups is 2. The molecule has 1 radical (unpaired) electrons. The molecule has 5 rings (SSSR count). The summed E-state index contributed by atoms with van der Waals surface area (Å²) in [5, 5.41) is 24.0. The molecule has 215 valence electrons. The van der Waals surface area contributed by atoms with Gasteiger partial charge in [0.25, 0.3) is 0 Å². The molecule has 2 saturated carbocycles. The van der Waals surface area contributed by atoms with E-state index in [0.29, 0.717) is 35.5 Å². The van der Waals surface area contributed by atoms with Crippen LogP contribution in [0.1, 0.15) is 85.1 Å². The van der Waals surface area contributed by atoms with Crippen LogP contribution in [0.4, 0.5) is 0 Å². The van der Waals surface area contributed by atoms with Crippen LogP contribution in [0, 0.1) is 41.6 Å². The molecule has 3 aromatic rings. The molecule has 2 aromatic carbocycles. The van der Waals surface area contributed by atoms with Crippen LogP contribution < -0.4 is 0 Å². The zero-order valence-electron chi connectivity index (χ0n) is 24.6. The zero-order valence-corrected chi connectivity index (χ0v) is 27.0. The number of hydrogen-bond acceptors (Lipinski definition) is 3. The molecule has 1 aromatic heterocycles. The van der Waals surface area contributed by atoms with Crippen molar-refractivity contribution in [3.63, 3.8) is 0 Å². The summed E-state index contributed by atoms with van der Waals surface area (Å²) in [5.74, 6) is 2.97. The summed E-state index contributed by atoms with van der Waals surface area (Å²) in [6.07, 6.45) is 7.16. The number of aliphatic hydroxyl groups excluding tert-OH is 2. The van der Waals surface area contributed by atoms with Crippen LogP contribution in [0.25, 0.3) is 22.0 Å². The van der Waals surface area contributed by atoms with Crippen LogP contribution in [0.2, 0.25) is 0 Å². The minimum atomic E-state index is -0.302. The van der Waals surface area contributed by atoms with E-state index < -0.39 is 0 Å². The van der Waals surface area contributed by atoms with Crippen LogP contribution in [-0.2, 0) is 20.1 Å². The summed E-state index contributed by atoms with van der Waals surface area (Å²) in [6, 6.07) is 20.0. The molecule has 4 unspecified atom stereocenters. The smallest absolute Gasteiger partial charge is 0.0626 e. The molecule has 39 heavy (non-hydrogen) atoms. The molecular weight excluding hydrogens is 659 g/mol. The first-order valence-electron chi connectivity index (χ1n) is 14.9. The first-order valence-corrected chi connectivity index (χ1v) is 14.9. The summed E-state index contributed by atoms with van der Waals surface area (Å²) >= 11 is 0. The maximum Gasteiger partial charge on any atom is 0.0626 e. The molecule has 6 atom stereocenters. The predicted molar refractivity (Wildman–Crippen MR) is 159 cm³/mol. The third kappa shape index (κ3) is 7.39. The number of rotatable bonds is 4. The van der Waals surface area contributed by atoms with Crippen LogP contribution >= 0.6 is 0 Å². The molecule has 2 N–H and O–H groups in total. The topological polar surface area (TPSA) is 53.4 Å². The minimum absolute atomic E-state index is 0. The Morgan fingerprint density at radius 2 is 1.51 bits per heavy atom. The van der Waals surface area contributed by atoms with Gasteiger partial charge >= 0.3 is 0 Å². The Hall–Kier alpha value is -1.58. The van der Waals surface area contributed by atoms with Crippen molar-refractivity contribution in [2.75, 3.05) is 0 Å². The molecule has 2 aliphatic rings. The fourth-order valence-corrected chi connectivity index (χ4v) is 6.98. The summed E-state index contributed by atoms with van der Waals surface area (Å²) in [6.45, 7) is 13.3. The van der Waals surface area contributed by atoms with Gasteiger partial charge in [0, 0.05) is 32.2 Å². The van der Waals surface area contributed by atoms with Crippen molar-refractivity contribution >= 4 is 10.8 Å². The second-order valence-corrected chi connectivity index (χ2v) is 12.7. The maximum absolute atomic E-state index is 10.8. The average Bonchev–Trinajstić information content (AvgIpc) is 3.08. The normalized spacial score (nSPS) is 26.9. The number of pyridine rings is 1. The first-order chi connectivity index (χ1) is 18.2. The summed E-state index contributed by atoms with van der Waals surface area (Å²) in [7, 11) is 0. The second-order valence-electron chi connectivity index (χ2n) is 12.7. The van der Waals surface area contributed by atoms with Gasteiger partial charge in [-0.15, -0.1) is 35.9 Å². The van der Waals surface area contributed by atoms with E-state index >= 15 is 0 Å². The third-order valence-electron chi connectivity index (χ3n) is 9.33. The van der Waals surface area contributed by atoms with Crippen molar-refractivity contribution in [1.29, 1.82) is 0 Å². The molecule has 0 saturated heterocycles. The second kappa shape index (κ2) is 14.4. The number of nitrogens with zero attached hydrogens (tertiary/aromatic N) is 1. The SMILES string of the molecule is CC(C)[C@H]1CCCC2CC[C@H](C(C)C)C(O)C2C1O.CC(C)c1ccc2ccnc(-c3[c-]cccc3)c2c1.[Ir]. The molecule has 0 bridgehead atoms. The van der Waals surface area contributed by atoms with E-state index in [1.54, 1.807) is 0 Å². The molecule has 0 aliphatic heterocycles. The number of aromatic nitrogens is 1. The van der Waals surface area contributed by atoms with Crippen LogP contribution in [0.15, 0.2) is 54.7 Å². The summed E-state index contributed by atoms with van der Waals surface area (Å²) in [4.78, 5) is 4.55. The molecule has 2 fully saturated rings. The van der Waals surface area contributed by atoms with Gasteiger partial charge in [0.2, 0.25) is 0 Å². The van der Waals surface area contributed by atoms with E-state index in [1.165, 1.54) is 35.6 Å². The average molecular weight is 707 g/mol. The first kappa shape index (κ1) is 31.9. The Labute approximate surface area is 250 Å². The van der Waals surface area contributed by atoms with Crippen molar-refractivity contribution in [1.82, 2.24) is 4.98 Å². The van der Waals surface area contributed by atoms with E-state index in [9.17, 15) is 10.2 Å². The van der Waals surface area contributed by atoms with E-state index in [4.69, 9.17) is 0 Å². The largest absolute Gasteiger partial charge is 0.392 e. The molecule has 2 aliphatic carbocycles. The van der Waals surface area contributed by atoms with Crippen LogP contribution in [0.5, 0.6) is 0 Å². The Bertz CT molecular complexity index is 1160. The maximum atomic E-state index is 10.8. The standard InChI is InChI=1S/C18H16N.C17H32O2.Ir/c1-13(2)16-9-8-14-10-11-19-18(17(14)12-16)15-6-4-3-5-7-15;1-10(2)13-7-5-6-12-8-9-14(11(3)4)17(19)15(12)16(13)18;/h3-6,8-13H,1-2H3;10-19H,5-9H2,1-4H3;/q-1;;/t;12?,13-,14-,15?,16?,17?;/m.1./s1. The van der Waals surface area contributed by atoms with Gasteiger partial charge in [-0.25, -0.2) is 0 Å². The molecule has 0 amide bonds. The Balaban J connectivity index is 0.000000210. The molecule has 3 nitrogen and oxygen atoms in total. The number of hydrogen-bond donors (Lipinski definition) is 2. The van der Waals surface area contributed by atoms with Gasteiger partial charge in [0.15, 0.2) is 0 Å². The fraction of sp³-hybridized carbons (Fsp3) is 0.571. The zero-order chi connectivity index (χ0) is 27.4. The monoisotopic (exact) mass is 707 g/mol. The Kier molecular flexibility index (Phi) is 11.8. The van der Waals surface area contributed by atoms with Crippen molar-refractivity contribution in [2.24, 2.45) is 35.5 Å². The van der Waals surface area contributed by atoms with Gasteiger partial charge in [0.1, 0.15) is 0 Å². The molecule has 1 heterocycles. The van der Waals surface area contributed by atoms with E-state index in [-0.39, 0.29) is 38.2 Å². The van der Waals surface area contributed by atoms with Crippen molar-refractivity contribution in [2.45, 2.75) is 91.8 Å². The number of fused-ring (bicyclic) bond motifs is 2.